The van der Waals surface area contributed by atoms with Crippen molar-refractivity contribution in [1.82, 2.24) is 15.2 Å². The fourth-order valence-electron chi connectivity index (χ4n) is 2.04. The molecule has 0 radical (unpaired) electrons. The molecule has 0 bridgehead atoms. The molecule has 0 atom stereocenters. The summed E-state index contributed by atoms with van der Waals surface area (Å²) in [6.45, 7) is 1.96. The maximum absolute atomic E-state index is 5.76. The Labute approximate surface area is 105 Å². The number of nitrogens with zero attached hydrogens (tertiary/aromatic N) is 3. The highest BCUT2D eigenvalue weighted by Gasteiger charge is 2.08. The molecule has 1 aromatic carbocycles. The molecule has 0 spiro atoms. The molecule has 0 amide bonds. The lowest BCUT2D eigenvalue weighted by atomic mass is 10.0. The number of fused-ring (bicyclic) bond motifs is 1. The van der Waals surface area contributed by atoms with Crippen molar-refractivity contribution < 1.29 is 0 Å². The number of nitrogens with two attached hydrogens (primary N) is 1. The Hall–Kier alpha value is -2.49. The van der Waals surface area contributed by atoms with Crippen LogP contribution >= 0.6 is 0 Å². The number of anilines is 1. The Morgan fingerprint density at radius 2 is 1.78 bits per heavy atom. The van der Waals surface area contributed by atoms with Crippen LogP contribution in [-0.4, -0.2) is 15.2 Å². The lowest BCUT2D eigenvalue weighted by Crippen LogP contribution is -1.95. The Balaban J connectivity index is 2.33. The molecule has 0 aliphatic carbocycles. The first-order chi connectivity index (χ1) is 8.75. The van der Waals surface area contributed by atoms with Crippen LogP contribution in [0.4, 0.5) is 5.69 Å². The average molecular weight is 236 g/mol. The smallest absolute Gasteiger partial charge is 0.102 e. The van der Waals surface area contributed by atoms with Crippen LogP contribution in [0.1, 0.15) is 5.69 Å². The van der Waals surface area contributed by atoms with Crippen molar-refractivity contribution in [2.75, 3.05) is 5.73 Å². The Morgan fingerprint density at radius 3 is 2.56 bits per heavy atom. The largest absolute Gasteiger partial charge is 0.397 e. The minimum absolute atomic E-state index is 0.624. The third-order valence-corrected chi connectivity index (χ3v) is 2.90. The number of rotatable bonds is 1. The highest BCUT2D eigenvalue weighted by atomic mass is 15.1. The van der Waals surface area contributed by atoms with Crippen molar-refractivity contribution in [2.24, 2.45) is 0 Å². The van der Waals surface area contributed by atoms with Gasteiger partial charge in [0.25, 0.3) is 0 Å². The highest BCUT2D eigenvalue weighted by Crippen LogP contribution is 2.27. The van der Waals surface area contributed by atoms with E-state index >= 15 is 0 Å². The maximum Gasteiger partial charge on any atom is 0.102 e. The Kier molecular flexibility index (Phi) is 2.41. The van der Waals surface area contributed by atoms with E-state index in [4.69, 9.17) is 5.73 Å². The van der Waals surface area contributed by atoms with Gasteiger partial charge < -0.3 is 5.73 Å². The summed E-state index contributed by atoms with van der Waals surface area (Å²) in [6, 6.07) is 9.93. The number of hydrogen-bond acceptors (Lipinski definition) is 4. The van der Waals surface area contributed by atoms with Gasteiger partial charge in [0, 0.05) is 28.7 Å². The maximum atomic E-state index is 5.76. The summed E-state index contributed by atoms with van der Waals surface area (Å²) in [6.07, 6.45) is 3.37. The fraction of sp³-hybridized carbons (Fsp3) is 0.0714. The molecular weight excluding hydrogens is 224 g/mol. The number of aromatic nitrogens is 3. The molecule has 2 N–H and O–H groups in total. The minimum atomic E-state index is 0.624. The molecule has 3 aromatic rings. The monoisotopic (exact) mass is 236 g/mol. The fourth-order valence-corrected chi connectivity index (χ4v) is 2.04. The molecule has 18 heavy (non-hydrogen) atoms. The van der Waals surface area contributed by atoms with Gasteiger partial charge in [-0.1, -0.05) is 24.3 Å². The van der Waals surface area contributed by atoms with Gasteiger partial charge in [-0.3, -0.25) is 4.98 Å². The van der Waals surface area contributed by atoms with Gasteiger partial charge in [-0.25, -0.2) is 0 Å². The molecular formula is C14H12N4. The van der Waals surface area contributed by atoms with E-state index in [0.717, 1.165) is 27.7 Å². The summed E-state index contributed by atoms with van der Waals surface area (Å²) in [5.74, 6) is 0. The quantitative estimate of drug-likeness (QED) is 0.705. The van der Waals surface area contributed by atoms with E-state index in [-0.39, 0.29) is 0 Å². The second-order valence-corrected chi connectivity index (χ2v) is 4.19. The van der Waals surface area contributed by atoms with Gasteiger partial charge >= 0.3 is 0 Å². The van der Waals surface area contributed by atoms with Crippen LogP contribution in [0.15, 0.2) is 42.7 Å². The lowest BCUT2D eigenvalue weighted by molar-refractivity contribution is 1.01. The third-order valence-electron chi connectivity index (χ3n) is 2.90. The zero-order valence-corrected chi connectivity index (χ0v) is 9.96. The van der Waals surface area contributed by atoms with Crippen LogP contribution in [0.2, 0.25) is 0 Å². The number of nitrogen functional groups attached to an aromatic ring is 1. The molecule has 0 saturated heterocycles. The summed E-state index contributed by atoms with van der Waals surface area (Å²) in [5.41, 5.74) is 9.01. The van der Waals surface area contributed by atoms with E-state index in [1.807, 2.05) is 37.3 Å². The first-order valence-electron chi connectivity index (χ1n) is 5.68. The number of hydrogen-bond donors (Lipinski definition) is 1. The zero-order valence-electron chi connectivity index (χ0n) is 9.96. The van der Waals surface area contributed by atoms with Crippen molar-refractivity contribution in [3.8, 4) is 11.3 Å². The van der Waals surface area contributed by atoms with Crippen LogP contribution in [0, 0.1) is 6.92 Å². The van der Waals surface area contributed by atoms with Crippen LogP contribution in [-0.2, 0) is 0 Å². The van der Waals surface area contributed by atoms with Gasteiger partial charge in [0.05, 0.1) is 11.4 Å². The topological polar surface area (TPSA) is 64.7 Å². The summed E-state index contributed by atoms with van der Waals surface area (Å²) < 4.78 is 0. The summed E-state index contributed by atoms with van der Waals surface area (Å²) in [5, 5.41) is 10.6. The minimum Gasteiger partial charge on any atom is -0.397 e. The molecule has 0 fully saturated rings. The molecule has 2 aromatic heterocycles. The SMILES string of the molecule is Cc1nnc(-c2cncc(N)c2)c2ccccc12. The highest BCUT2D eigenvalue weighted by molar-refractivity contribution is 5.95. The normalized spacial score (nSPS) is 10.7. The van der Waals surface area contributed by atoms with Crippen LogP contribution in [0.3, 0.4) is 0 Å². The predicted octanol–water partition coefficient (Wildman–Crippen LogP) is 2.58. The first-order valence-corrected chi connectivity index (χ1v) is 5.68. The molecule has 4 nitrogen and oxygen atoms in total. The van der Waals surface area contributed by atoms with Crippen molar-refractivity contribution in [3.05, 3.63) is 48.4 Å². The van der Waals surface area contributed by atoms with E-state index in [0.29, 0.717) is 5.69 Å². The van der Waals surface area contributed by atoms with Gasteiger partial charge in [-0.2, -0.15) is 5.10 Å². The molecule has 0 unspecified atom stereocenters. The summed E-state index contributed by atoms with van der Waals surface area (Å²) in [4.78, 5) is 4.10. The first kappa shape index (κ1) is 10.7. The molecule has 0 aliphatic heterocycles. The summed E-state index contributed by atoms with van der Waals surface area (Å²) >= 11 is 0. The number of pyridine rings is 1. The van der Waals surface area contributed by atoms with Crippen molar-refractivity contribution in [1.29, 1.82) is 0 Å². The van der Waals surface area contributed by atoms with Crippen LogP contribution in [0.25, 0.3) is 22.0 Å². The number of benzene rings is 1. The van der Waals surface area contributed by atoms with E-state index < -0.39 is 0 Å². The van der Waals surface area contributed by atoms with Gasteiger partial charge in [-0.15, -0.1) is 5.10 Å². The van der Waals surface area contributed by atoms with Crippen LogP contribution in [0.5, 0.6) is 0 Å². The molecule has 4 heteroatoms. The van der Waals surface area contributed by atoms with Gasteiger partial charge in [0.15, 0.2) is 0 Å². The second-order valence-electron chi connectivity index (χ2n) is 4.19. The molecule has 0 aliphatic rings. The predicted molar refractivity (Wildman–Crippen MR) is 71.9 cm³/mol. The Morgan fingerprint density at radius 1 is 1.00 bits per heavy atom. The van der Waals surface area contributed by atoms with Crippen molar-refractivity contribution in [3.63, 3.8) is 0 Å². The lowest BCUT2D eigenvalue weighted by Gasteiger charge is -2.07. The van der Waals surface area contributed by atoms with E-state index in [1.165, 1.54) is 0 Å². The summed E-state index contributed by atoms with van der Waals surface area (Å²) in [7, 11) is 0. The van der Waals surface area contributed by atoms with Gasteiger partial charge in [0.2, 0.25) is 0 Å². The van der Waals surface area contributed by atoms with E-state index in [1.54, 1.807) is 12.4 Å². The molecule has 3 rings (SSSR count). The standard InChI is InChI=1S/C14H12N4/c1-9-12-4-2-3-5-13(12)14(18-17-9)10-6-11(15)8-16-7-10/h2-8H,15H2,1H3. The van der Waals surface area contributed by atoms with Gasteiger partial charge in [-0.05, 0) is 13.0 Å². The zero-order chi connectivity index (χ0) is 12.5. The second kappa shape index (κ2) is 4.07. The number of aryl methyl sites for hydroxylation is 1. The van der Waals surface area contributed by atoms with E-state index in [9.17, 15) is 0 Å². The van der Waals surface area contributed by atoms with Gasteiger partial charge in [0.1, 0.15) is 5.69 Å². The van der Waals surface area contributed by atoms with Crippen molar-refractivity contribution >= 4 is 16.5 Å². The van der Waals surface area contributed by atoms with Crippen molar-refractivity contribution in [2.45, 2.75) is 6.92 Å². The molecule has 0 saturated carbocycles. The van der Waals surface area contributed by atoms with Crippen LogP contribution < -0.4 is 5.73 Å². The Bertz CT molecular complexity index is 722. The molecule has 88 valence electrons. The molecule has 2 heterocycles. The third kappa shape index (κ3) is 1.68. The van der Waals surface area contributed by atoms with E-state index in [2.05, 4.69) is 15.2 Å². The average Bonchev–Trinajstić information content (AvgIpc) is 2.39.